The molecule has 1 aliphatic heterocycles. The quantitative estimate of drug-likeness (QED) is 0.906. The van der Waals surface area contributed by atoms with Gasteiger partial charge in [0.15, 0.2) is 0 Å². The molecule has 0 aliphatic carbocycles. The van der Waals surface area contributed by atoms with Crippen LogP contribution in [0.1, 0.15) is 31.7 Å². The molecule has 0 radical (unpaired) electrons. The summed E-state index contributed by atoms with van der Waals surface area (Å²) in [5.41, 5.74) is 0.376. The minimum absolute atomic E-state index is 0.0674. The summed E-state index contributed by atoms with van der Waals surface area (Å²) in [5.74, 6) is -0.383. The van der Waals surface area contributed by atoms with E-state index in [9.17, 15) is 12.8 Å². The van der Waals surface area contributed by atoms with E-state index in [2.05, 4.69) is 5.32 Å². The average molecular weight is 300 g/mol. The second kappa shape index (κ2) is 6.20. The third-order valence-corrected chi connectivity index (χ3v) is 5.73. The van der Waals surface area contributed by atoms with Gasteiger partial charge in [-0.2, -0.15) is 4.31 Å². The highest BCUT2D eigenvalue weighted by atomic mass is 32.2. The molecule has 112 valence electrons. The van der Waals surface area contributed by atoms with Gasteiger partial charge in [0, 0.05) is 24.7 Å². The van der Waals surface area contributed by atoms with E-state index in [1.807, 2.05) is 6.92 Å². The first-order valence-corrected chi connectivity index (χ1v) is 8.39. The maximum atomic E-state index is 13.6. The van der Waals surface area contributed by atoms with E-state index in [0.717, 1.165) is 19.3 Å². The number of sulfonamides is 1. The van der Waals surface area contributed by atoms with Crippen molar-refractivity contribution in [2.24, 2.45) is 0 Å². The molecule has 0 aromatic heterocycles. The molecule has 1 saturated heterocycles. The Morgan fingerprint density at radius 1 is 1.45 bits per heavy atom. The van der Waals surface area contributed by atoms with Gasteiger partial charge in [-0.3, -0.25) is 0 Å². The Hall–Kier alpha value is -0.980. The van der Waals surface area contributed by atoms with Crippen LogP contribution in [0.4, 0.5) is 4.39 Å². The van der Waals surface area contributed by atoms with Crippen molar-refractivity contribution in [2.75, 3.05) is 13.6 Å². The highest BCUT2D eigenvalue weighted by Gasteiger charge is 2.34. The summed E-state index contributed by atoms with van der Waals surface area (Å²) >= 11 is 0. The fraction of sp³-hybridized carbons (Fsp3) is 0.571. The van der Waals surface area contributed by atoms with Gasteiger partial charge in [-0.25, -0.2) is 12.8 Å². The summed E-state index contributed by atoms with van der Waals surface area (Å²) in [6, 6.07) is 4.09. The van der Waals surface area contributed by atoms with Crippen LogP contribution in [0, 0.1) is 5.82 Å². The van der Waals surface area contributed by atoms with E-state index in [-0.39, 0.29) is 16.8 Å². The SMILES string of the molecule is CCC1CCCN1S(=O)(=O)c1ccc(F)c(CNC)c1. The average Bonchev–Trinajstić information content (AvgIpc) is 2.90. The van der Waals surface area contributed by atoms with Crippen molar-refractivity contribution in [3.63, 3.8) is 0 Å². The van der Waals surface area contributed by atoms with Crippen LogP contribution in [0.15, 0.2) is 23.1 Å². The van der Waals surface area contributed by atoms with Gasteiger partial charge in [-0.05, 0) is 44.5 Å². The van der Waals surface area contributed by atoms with Gasteiger partial charge in [-0.15, -0.1) is 0 Å². The number of nitrogens with zero attached hydrogens (tertiary/aromatic N) is 1. The molecular weight excluding hydrogens is 279 g/mol. The second-order valence-electron chi connectivity index (χ2n) is 5.10. The smallest absolute Gasteiger partial charge is 0.243 e. The van der Waals surface area contributed by atoms with Gasteiger partial charge in [0.2, 0.25) is 10.0 Å². The molecule has 20 heavy (non-hydrogen) atoms. The summed E-state index contributed by atoms with van der Waals surface area (Å²) in [6.07, 6.45) is 2.60. The fourth-order valence-electron chi connectivity index (χ4n) is 2.71. The van der Waals surface area contributed by atoms with Crippen molar-refractivity contribution >= 4 is 10.0 Å². The van der Waals surface area contributed by atoms with Gasteiger partial charge in [-0.1, -0.05) is 6.92 Å². The summed E-state index contributed by atoms with van der Waals surface area (Å²) in [6.45, 7) is 2.86. The maximum absolute atomic E-state index is 13.6. The zero-order chi connectivity index (χ0) is 14.8. The van der Waals surface area contributed by atoms with Crippen LogP contribution in [-0.2, 0) is 16.6 Å². The van der Waals surface area contributed by atoms with Crippen molar-refractivity contribution in [3.8, 4) is 0 Å². The highest BCUT2D eigenvalue weighted by molar-refractivity contribution is 7.89. The van der Waals surface area contributed by atoms with E-state index in [1.54, 1.807) is 11.4 Å². The minimum Gasteiger partial charge on any atom is -0.316 e. The summed E-state index contributed by atoms with van der Waals surface area (Å²) in [4.78, 5) is 0.185. The van der Waals surface area contributed by atoms with E-state index in [0.29, 0.717) is 18.7 Å². The zero-order valence-electron chi connectivity index (χ0n) is 11.9. The Morgan fingerprint density at radius 3 is 2.85 bits per heavy atom. The minimum atomic E-state index is -3.52. The lowest BCUT2D eigenvalue weighted by atomic mass is 10.2. The van der Waals surface area contributed by atoms with Crippen LogP contribution in [-0.4, -0.2) is 32.4 Å². The Bertz CT molecular complexity index is 575. The lowest BCUT2D eigenvalue weighted by Gasteiger charge is -2.23. The number of benzene rings is 1. The van der Waals surface area contributed by atoms with Crippen LogP contribution in [0.5, 0.6) is 0 Å². The molecule has 0 saturated carbocycles. The van der Waals surface area contributed by atoms with Crippen LogP contribution in [0.25, 0.3) is 0 Å². The second-order valence-corrected chi connectivity index (χ2v) is 6.99. The monoisotopic (exact) mass is 300 g/mol. The zero-order valence-corrected chi connectivity index (χ0v) is 12.7. The van der Waals surface area contributed by atoms with Crippen molar-refractivity contribution in [1.82, 2.24) is 9.62 Å². The molecule has 1 aromatic rings. The van der Waals surface area contributed by atoms with Crippen molar-refractivity contribution in [3.05, 3.63) is 29.6 Å². The molecule has 4 nitrogen and oxygen atoms in total. The molecular formula is C14H21FN2O2S. The lowest BCUT2D eigenvalue weighted by Crippen LogP contribution is -2.35. The first-order chi connectivity index (χ1) is 9.50. The Balaban J connectivity index is 2.36. The predicted octanol–water partition coefficient (Wildman–Crippen LogP) is 2.11. The van der Waals surface area contributed by atoms with Crippen molar-refractivity contribution in [2.45, 2.75) is 43.7 Å². The summed E-state index contributed by atoms with van der Waals surface area (Å²) < 4.78 is 40.5. The molecule has 1 unspecified atom stereocenters. The highest BCUT2D eigenvalue weighted by Crippen LogP contribution is 2.28. The molecule has 1 fully saturated rings. The molecule has 1 aliphatic rings. The van der Waals surface area contributed by atoms with E-state index >= 15 is 0 Å². The first-order valence-electron chi connectivity index (χ1n) is 6.95. The Morgan fingerprint density at radius 2 is 2.20 bits per heavy atom. The predicted molar refractivity (Wildman–Crippen MR) is 76.4 cm³/mol. The fourth-order valence-corrected chi connectivity index (χ4v) is 4.52. The molecule has 6 heteroatoms. The third kappa shape index (κ3) is 2.87. The van der Waals surface area contributed by atoms with Crippen molar-refractivity contribution in [1.29, 1.82) is 0 Å². The molecule has 1 aromatic carbocycles. The Labute approximate surface area is 120 Å². The van der Waals surface area contributed by atoms with Gasteiger partial charge in [0.1, 0.15) is 5.82 Å². The topological polar surface area (TPSA) is 49.4 Å². The number of nitrogens with one attached hydrogen (secondary N) is 1. The molecule has 1 N–H and O–H groups in total. The summed E-state index contributed by atoms with van der Waals surface area (Å²) in [5, 5.41) is 2.84. The van der Waals surface area contributed by atoms with E-state index in [1.165, 1.54) is 18.2 Å². The molecule has 0 amide bonds. The van der Waals surface area contributed by atoms with Crippen LogP contribution in [0.2, 0.25) is 0 Å². The van der Waals surface area contributed by atoms with Gasteiger partial charge in [0.05, 0.1) is 4.90 Å². The third-order valence-electron chi connectivity index (χ3n) is 3.79. The maximum Gasteiger partial charge on any atom is 0.243 e. The molecule has 1 atom stereocenters. The number of rotatable bonds is 5. The molecule has 1 heterocycles. The largest absolute Gasteiger partial charge is 0.316 e. The normalized spacial score (nSPS) is 20.4. The Kier molecular flexibility index (Phi) is 4.78. The molecule has 0 spiro atoms. The number of hydrogen-bond acceptors (Lipinski definition) is 3. The van der Waals surface area contributed by atoms with Crippen LogP contribution in [0.3, 0.4) is 0 Å². The van der Waals surface area contributed by atoms with E-state index < -0.39 is 10.0 Å². The molecule has 0 bridgehead atoms. The standard InChI is InChI=1S/C14H21FN2O2S/c1-3-12-5-4-8-17(12)20(18,19)13-6-7-14(15)11(9-13)10-16-2/h6-7,9,12,16H,3-5,8,10H2,1-2H3. The number of halogens is 1. The first kappa shape index (κ1) is 15.4. The number of hydrogen-bond donors (Lipinski definition) is 1. The van der Waals surface area contributed by atoms with E-state index in [4.69, 9.17) is 0 Å². The van der Waals surface area contributed by atoms with Crippen LogP contribution >= 0.6 is 0 Å². The summed E-state index contributed by atoms with van der Waals surface area (Å²) in [7, 11) is -1.82. The van der Waals surface area contributed by atoms with Gasteiger partial charge < -0.3 is 5.32 Å². The van der Waals surface area contributed by atoms with Gasteiger partial charge >= 0.3 is 0 Å². The van der Waals surface area contributed by atoms with Crippen LogP contribution < -0.4 is 5.32 Å². The molecule has 2 rings (SSSR count). The van der Waals surface area contributed by atoms with Gasteiger partial charge in [0.25, 0.3) is 0 Å². The van der Waals surface area contributed by atoms with Crippen molar-refractivity contribution < 1.29 is 12.8 Å². The lowest BCUT2D eigenvalue weighted by molar-refractivity contribution is 0.379.